The molecule has 2 heterocycles. The van der Waals surface area contributed by atoms with Gasteiger partial charge in [-0.15, -0.1) is 0 Å². The summed E-state index contributed by atoms with van der Waals surface area (Å²) in [6.07, 6.45) is -3.59. The van der Waals surface area contributed by atoms with Gasteiger partial charge in [-0.25, -0.2) is 4.39 Å². The van der Waals surface area contributed by atoms with Gasteiger partial charge in [-0.1, -0.05) is 12.1 Å². The number of carbonyl (C=O) groups excluding carboxylic acids is 1. The van der Waals surface area contributed by atoms with Crippen molar-refractivity contribution in [2.45, 2.75) is 25.2 Å². The van der Waals surface area contributed by atoms with Gasteiger partial charge in [0.1, 0.15) is 5.82 Å². The van der Waals surface area contributed by atoms with E-state index in [1.165, 1.54) is 25.3 Å². The number of anilines is 1. The Morgan fingerprint density at radius 1 is 1.26 bits per heavy atom. The zero-order valence-electron chi connectivity index (χ0n) is 16.9. The van der Waals surface area contributed by atoms with E-state index < -0.39 is 29.5 Å². The van der Waals surface area contributed by atoms with Crippen LogP contribution in [0.1, 0.15) is 34.5 Å². The van der Waals surface area contributed by atoms with Gasteiger partial charge in [-0.3, -0.25) is 9.59 Å². The van der Waals surface area contributed by atoms with Crippen LogP contribution in [0.5, 0.6) is 0 Å². The Kier molecular flexibility index (Phi) is 5.28. The second kappa shape index (κ2) is 7.67. The van der Waals surface area contributed by atoms with E-state index in [0.29, 0.717) is 23.6 Å². The van der Waals surface area contributed by atoms with E-state index in [1.807, 2.05) is 7.05 Å². The van der Waals surface area contributed by atoms with Gasteiger partial charge in [-0.2, -0.15) is 13.2 Å². The van der Waals surface area contributed by atoms with Crippen molar-refractivity contribution in [3.05, 3.63) is 63.3 Å². The van der Waals surface area contributed by atoms with Crippen LogP contribution < -0.4 is 16.2 Å². The lowest BCUT2D eigenvalue weighted by Crippen LogP contribution is -2.30. The number of benzene rings is 1. The van der Waals surface area contributed by atoms with Crippen LogP contribution >= 0.6 is 0 Å². The summed E-state index contributed by atoms with van der Waals surface area (Å²) in [5, 5.41) is 5.78. The number of rotatable bonds is 5. The minimum absolute atomic E-state index is 0.136. The maximum atomic E-state index is 14.4. The lowest BCUT2D eigenvalue weighted by Gasteiger charge is -2.19. The van der Waals surface area contributed by atoms with Crippen LogP contribution in [0.25, 0.3) is 0 Å². The van der Waals surface area contributed by atoms with Gasteiger partial charge in [0.25, 0.3) is 5.91 Å². The summed E-state index contributed by atoms with van der Waals surface area (Å²) in [6.45, 7) is 3.26. The van der Waals surface area contributed by atoms with Crippen molar-refractivity contribution >= 4 is 11.6 Å². The average molecular weight is 438 g/mol. The molecule has 1 amide bonds. The molecule has 0 spiro atoms. The van der Waals surface area contributed by atoms with Crippen LogP contribution in [0.4, 0.5) is 23.2 Å². The SMILES string of the molecule is C[C@@H](NC(=O)c1c[nH]c(=O)cc1NC1[C@H]2CN(C)C[C@@H]12)c1cccc(C(F)(F)F)c1F. The minimum atomic E-state index is -4.84. The Hall–Kier alpha value is -2.88. The average Bonchev–Trinajstić information content (AvgIpc) is 3.12. The van der Waals surface area contributed by atoms with Gasteiger partial charge < -0.3 is 20.5 Å². The molecule has 3 N–H and O–H groups in total. The van der Waals surface area contributed by atoms with Crippen molar-refractivity contribution in [1.82, 2.24) is 15.2 Å². The largest absolute Gasteiger partial charge is 0.419 e. The summed E-state index contributed by atoms with van der Waals surface area (Å²) in [5.74, 6) is -1.17. The highest BCUT2D eigenvalue weighted by Gasteiger charge is 2.55. The Bertz CT molecular complexity index is 1060. The van der Waals surface area contributed by atoms with E-state index in [2.05, 4.69) is 20.5 Å². The molecule has 31 heavy (non-hydrogen) atoms. The predicted molar refractivity (Wildman–Crippen MR) is 106 cm³/mol. The monoisotopic (exact) mass is 438 g/mol. The maximum absolute atomic E-state index is 14.4. The Morgan fingerprint density at radius 3 is 2.58 bits per heavy atom. The molecule has 166 valence electrons. The van der Waals surface area contributed by atoms with Gasteiger partial charge in [0, 0.05) is 37.0 Å². The number of likely N-dealkylation sites (tertiary alicyclic amines) is 1. The lowest BCUT2D eigenvalue weighted by atomic mass is 10.0. The molecule has 2 aromatic rings. The number of alkyl halides is 3. The van der Waals surface area contributed by atoms with Gasteiger partial charge >= 0.3 is 6.18 Å². The molecular formula is C21H22F4N4O2. The number of piperidine rings is 1. The van der Waals surface area contributed by atoms with Crippen LogP contribution in [-0.4, -0.2) is 42.0 Å². The molecule has 1 aliphatic carbocycles. The molecular weight excluding hydrogens is 416 g/mol. The van der Waals surface area contributed by atoms with Crippen molar-refractivity contribution in [1.29, 1.82) is 0 Å². The highest BCUT2D eigenvalue weighted by atomic mass is 19.4. The van der Waals surface area contributed by atoms with Crippen LogP contribution in [0, 0.1) is 17.7 Å². The fourth-order valence-corrected chi connectivity index (χ4v) is 4.37. The highest BCUT2D eigenvalue weighted by molar-refractivity contribution is 5.99. The first-order valence-corrected chi connectivity index (χ1v) is 9.90. The molecule has 0 bridgehead atoms. The third-order valence-corrected chi connectivity index (χ3v) is 6.02. The zero-order chi connectivity index (χ0) is 22.5. The molecule has 1 unspecified atom stereocenters. The summed E-state index contributed by atoms with van der Waals surface area (Å²) in [7, 11) is 2.03. The number of carbonyl (C=O) groups is 1. The molecule has 1 saturated carbocycles. The second-order valence-electron chi connectivity index (χ2n) is 8.25. The molecule has 2 aliphatic rings. The molecule has 4 atom stereocenters. The third-order valence-electron chi connectivity index (χ3n) is 6.02. The molecule has 0 radical (unpaired) electrons. The number of H-pyrrole nitrogens is 1. The number of aromatic amines is 1. The fraction of sp³-hybridized carbons (Fsp3) is 0.429. The highest BCUT2D eigenvalue weighted by Crippen LogP contribution is 2.46. The van der Waals surface area contributed by atoms with Gasteiger partial charge in [0.05, 0.1) is 22.9 Å². The Labute approximate surface area is 175 Å². The van der Waals surface area contributed by atoms with E-state index >= 15 is 0 Å². The normalized spacial score (nSPS) is 23.9. The number of nitrogens with zero attached hydrogens (tertiary/aromatic N) is 1. The van der Waals surface area contributed by atoms with Crippen molar-refractivity contribution in [2.75, 3.05) is 25.5 Å². The van der Waals surface area contributed by atoms with E-state index in [-0.39, 0.29) is 22.7 Å². The smallest absolute Gasteiger partial charge is 0.381 e. The van der Waals surface area contributed by atoms with Crippen LogP contribution in [0.2, 0.25) is 0 Å². The first-order valence-electron chi connectivity index (χ1n) is 9.90. The number of aromatic nitrogens is 1. The van der Waals surface area contributed by atoms with Crippen molar-refractivity contribution in [3.63, 3.8) is 0 Å². The second-order valence-corrected chi connectivity index (χ2v) is 8.25. The molecule has 1 aromatic carbocycles. The number of fused-ring (bicyclic) bond motifs is 1. The number of amides is 1. The summed E-state index contributed by atoms with van der Waals surface area (Å²) in [6, 6.07) is 3.36. The topological polar surface area (TPSA) is 77.2 Å². The third kappa shape index (κ3) is 4.16. The number of pyridine rings is 1. The van der Waals surface area contributed by atoms with Crippen LogP contribution in [-0.2, 0) is 6.18 Å². The standard InChI is InChI=1S/C21H22F4N4O2/c1-10(11-4-3-5-15(18(11)22)21(23,24)25)27-20(31)12-7-26-17(30)6-16(12)28-19-13-8-29(2)9-14(13)19/h3-7,10,13-14,19H,8-9H2,1-2H3,(H,27,31)(H2,26,28,30)/t10-,13-,14+,19?/m1/s1. The maximum Gasteiger partial charge on any atom is 0.419 e. The quantitative estimate of drug-likeness (QED) is 0.628. The fourth-order valence-electron chi connectivity index (χ4n) is 4.37. The van der Waals surface area contributed by atoms with E-state index in [0.717, 1.165) is 19.2 Å². The summed E-state index contributed by atoms with van der Waals surface area (Å²) in [5.41, 5.74) is -1.57. The van der Waals surface area contributed by atoms with Crippen LogP contribution in [0.15, 0.2) is 35.3 Å². The minimum Gasteiger partial charge on any atom is -0.381 e. The zero-order valence-corrected chi connectivity index (χ0v) is 16.9. The first kappa shape index (κ1) is 21.4. The Balaban J connectivity index is 1.52. The first-order chi connectivity index (χ1) is 14.6. The number of hydrogen-bond donors (Lipinski definition) is 3. The van der Waals surface area contributed by atoms with E-state index in [4.69, 9.17) is 0 Å². The van der Waals surface area contributed by atoms with Gasteiger partial charge in [0.2, 0.25) is 5.56 Å². The molecule has 10 heteroatoms. The predicted octanol–water partition coefficient (Wildman–Crippen LogP) is 3.00. The van der Waals surface area contributed by atoms with Crippen molar-refractivity contribution < 1.29 is 22.4 Å². The lowest BCUT2D eigenvalue weighted by molar-refractivity contribution is -0.140. The molecule has 6 nitrogen and oxygen atoms in total. The molecule has 4 rings (SSSR count). The molecule has 1 aliphatic heterocycles. The van der Waals surface area contributed by atoms with Crippen molar-refractivity contribution in [2.24, 2.45) is 11.8 Å². The van der Waals surface area contributed by atoms with Gasteiger partial charge in [-0.05, 0) is 31.9 Å². The summed E-state index contributed by atoms with van der Waals surface area (Å²) < 4.78 is 53.4. The number of hydrogen-bond acceptors (Lipinski definition) is 4. The Morgan fingerprint density at radius 2 is 1.94 bits per heavy atom. The molecule has 2 fully saturated rings. The number of halogens is 4. The van der Waals surface area contributed by atoms with Crippen molar-refractivity contribution in [3.8, 4) is 0 Å². The molecule has 1 aromatic heterocycles. The number of nitrogens with one attached hydrogen (secondary N) is 3. The molecule has 1 saturated heterocycles. The van der Waals surface area contributed by atoms with Crippen LogP contribution in [0.3, 0.4) is 0 Å². The van der Waals surface area contributed by atoms with E-state index in [1.54, 1.807) is 0 Å². The summed E-state index contributed by atoms with van der Waals surface area (Å²) in [4.78, 5) is 29.3. The summed E-state index contributed by atoms with van der Waals surface area (Å²) >= 11 is 0. The van der Waals surface area contributed by atoms with E-state index in [9.17, 15) is 27.2 Å². The van der Waals surface area contributed by atoms with Gasteiger partial charge in [0.15, 0.2) is 0 Å².